The molecule has 2 aromatic rings. The molecule has 0 bridgehead atoms. The molecule has 2 aromatic carbocycles. The Hall–Kier alpha value is -2.17. The summed E-state index contributed by atoms with van der Waals surface area (Å²) in [5.41, 5.74) is 3.88. The second-order valence-corrected chi connectivity index (χ2v) is 6.15. The molecule has 2 atom stereocenters. The van der Waals surface area contributed by atoms with Crippen molar-refractivity contribution in [2.45, 2.75) is 39.6 Å². The molecular weight excluding hydrogens is 300 g/mol. The van der Waals surface area contributed by atoms with Crippen LogP contribution in [0.1, 0.15) is 48.3 Å². The molecule has 0 spiro atoms. The van der Waals surface area contributed by atoms with Crippen molar-refractivity contribution in [1.29, 1.82) is 0 Å². The molecule has 0 aliphatic carbocycles. The Bertz CT molecular complexity index is 698. The molecule has 0 radical (unpaired) electrons. The summed E-state index contributed by atoms with van der Waals surface area (Å²) >= 11 is 0. The van der Waals surface area contributed by atoms with E-state index in [0.29, 0.717) is 6.54 Å². The van der Waals surface area contributed by atoms with Gasteiger partial charge in [-0.25, -0.2) is 0 Å². The highest BCUT2D eigenvalue weighted by molar-refractivity contribution is 5.95. The molecule has 0 aliphatic heterocycles. The van der Waals surface area contributed by atoms with Gasteiger partial charge in [-0.3, -0.25) is 4.79 Å². The Kier molecular flexibility index (Phi) is 6.12. The number of nitrogens with zero attached hydrogens (tertiary/aromatic N) is 1. The number of hydrogen-bond donors (Lipinski definition) is 2. The summed E-state index contributed by atoms with van der Waals surface area (Å²) < 4.78 is 0. The average Bonchev–Trinajstić information content (AvgIpc) is 2.59. The Morgan fingerprint density at radius 1 is 1.17 bits per heavy atom. The zero-order valence-electron chi connectivity index (χ0n) is 14.8. The Labute approximate surface area is 144 Å². The highest BCUT2D eigenvalue weighted by Crippen LogP contribution is 2.21. The number of hydrogen-bond acceptors (Lipinski definition) is 4. The fourth-order valence-electron chi connectivity index (χ4n) is 2.63. The van der Waals surface area contributed by atoms with Gasteiger partial charge in [0.25, 0.3) is 0 Å². The van der Waals surface area contributed by atoms with E-state index in [9.17, 15) is 9.90 Å². The molecule has 0 aliphatic rings. The summed E-state index contributed by atoms with van der Waals surface area (Å²) in [5, 5.41) is 13.2. The number of benzene rings is 2. The fraction of sp³-hybridized carbons (Fsp3) is 0.350. The predicted octanol–water partition coefficient (Wildman–Crippen LogP) is 3.51. The highest BCUT2D eigenvalue weighted by Gasteiger charge is 2.11. The van der Waals surface area contributed by atoms with Gasteiger partial charge < -0.3 is 15.3 Å². The van der Waals surface area contributed by atoms with Gasteiger partial charge in [0.2, 0.25) is 0 Å². The van der Waals surface area contributed by atoms with Crippen molar-refractivity contribution in [1.82, 2.24) is 5.32 Å². The monoisotopic (exact) mass is 326 g/mol. The number of carbonyl (C=O) groups is 1. The first kappa shape index (κ1) is 18.2. The van der Waals surface area contributed by atoms with E-state index in [-0.39, 0.29) is 11.8 Å². The van der Waals surface area contributed by atoms with E-state index in [1.54, 1.807) is 13.8 Å². The molecule has 0 fully saturated rings. The van der Waals surface area contributed by atoms with Crippen LogP contribution < -0.4 is 10.2 Å². The quantitative estimate of drug-likeness (QED) is 0.604. The van der Waals surface area contributed by atoms with Crippen molar-refractivity contribution in [2.75, 3.05) is 11.9 Å². The van der Waals surface area contributed by atoms with Crippen molar-refractivity contribution in [3.63, 3.8) is 0 Å². The standard InChI is InChI=1S/C20H26N2O2/c1-14(17-9-7-10-19(12-17)22(4)16(3)24)21-13-18-8-5-6-11-20(18)15(2)23/h5-12,14,16,21,24H,13H2,1-4H3. The van der Waals surface area contributed by atoms with Crippen LogP contribution in [0.5, 0.6) is 0 Å². The highest BCUT2D eigenvalue weighted by atomic mass is 16.3. The van der Waals surface area contributed by atoms with Gasteiger partial charge in [0.05, 0.1) is 0 Å². The van der Waals surface area contributed by atoms with Crippen LogP contribution in [-0.2, 0) is 6.54 Å². The van der Waals surface area contributed by atoms with Crippen molar-refractivity contribution in [2.24, 2.45) is 0 Å². The average molecular weight is 326 g/mol. The fourth-order valence-corrected chi connectivity index (χ4v) is 2.63. The van der Waals surface area contributed by atoms with E-state index < -0.39 is 6.23 Å². The van der Waals surface area contributed by atoms with Crippen LogP contribution in [0.2, 0.25) is 0 Å². The Morgan fingerprint density at radius 3 is 2.54 bits per heavy atom. The third-order valence-electron chi connectivity index (χ3n) is 4.33. The second-order valence-electron chi connectivity index (χ2n) is 6.15. The van der Waals surface area contributed by atoms with Crippen LogP contribution in [0.3, 0.4) is 0 Å². The SMILES string of the molecule is CC(=O)c1ccccc1CNC(C)c1cccc(N(C)C(C)O)c1. The summed E-state index contributed by atoms with van der Waals surface area (Å²) in [6, 6.07) is 15.9. The van der Waals surface area contributed by atoms with Gasteiger partial charge in [-0.15, -0.1) is 0 Å². The van der Waals surface area contributed by atoms with E-state index in [1.807, 2.05) is 48.3 Å². The van der Waals surface area contributed by atoms with Crippen molar-refractivity contribution < 1.29 is 9.90 Å². The van der Waals surface area contributed by atoms with Gasteiger partial charge in [0, 0.05) is 30.9 Å². The lowest BCUT2D eigenvalue weighted by atomic mass is 10.0. The first-order valence-electron chi connectivity index (χ1n) is 8.23. The summed E-state index contributed by atoms with van der Waals surface area (Å²) in [6.07, 6.45) is -0.536. The number of nitrogens with one attached hydrogen (secondary N) is 1. The van der Waals surface area contributed by atoms with Crippen molar-refractivity contribution >= 4 is 11.5 Å². The van der Waals surface area contributed by atoms with Crippen LogP contribution in [0.15, 0.2) is 48.5 Å². The molecule has 0 heterocycles. The van der Waals surface area contributed by atoms with E-state index in [0.717, 1.165) is 22.4 Å². The first-order chi connectivity index (χ1) is 11.4. The van der Waals surface area contributed by atoms with Gasteiger partial charge in [0.15, 0.2) is 5.78 Å². The zero-order valence-corrected chi connectivity index (χ0v) is 14.8. The number of aliphatic hydroxyl groups is 1. The molecule has 24 heavy (non-hydrogen) atoms. The number of rotatable bonds is 7. The van der Waals surface area contributed by atoms with Crippen LogP contribution >= 0.6 is 0 Å². The molecule has 4 nitrogen and oxygen atoms in total. The molecule has 4 heteroatoms. The van der Waals surface area contributed by atoms with Gasteiger partial charge in [-0.2, -0.15) is 0 Å². The van der Waals surface area contributed by atoms with Crippen LogP contribution in [0.4, 0.5) is 5.69 Å². The topological polar surface area (TPSA) is 52.6 Å². The third-order valence-corrected chi connectivity index (χ3v) is 4.33. The van der Waals surface area contributed by atoms with Crippen molar-refractivity contribution in [3.8, 4) is 0 Å². The van der Waals surface area contributed by atoms with E-state index in [1.165, 1.54) is 0 Å². The molecule has 0 saturated heterocycles. The maximum atomic E-state index is 11.7. The number of carbonyl (C=O) groups excluding carboxylic acids is 1. The first-order valence-corrected chi connectivity index (χ1v) is 8.23. The van der Waals surface area contributed by atoms with Crippen LogP contribution in [0.25, 0.3) is 0 Å². The Balaban J connectivity index is 2.09. The van der Waals surface area contributed by atoms with Crippen LogP contribution in [-0.4, -0.2) is 24.2 Å². The lowest BCUT2D eigenvalue weighted by Gasteiger charge is -2.24. The predicted molar refractivity (Wildman–Crippen MR) is 98.2 cm³/mol. The summed E-state index contributed by atoms with van der Waals surface area (Å²) in [7, 11) is 1.87. The number of anilines is 1. The lowest BCUT2D eigenvalue weighted by Crippen LogP contribution is -2.28. The third kappa shape index (κ3) is 4.43. The maximum Gasteiger partial charge on any atom is 0.160 e. The maximum absolute atomic E-state index is 11.7. The van der Waals surface area contributed by atoms with E-state index >= 15 is 0 Å². The minimum Gasteiger partial charge on any atom is -0.374 e. The van der Waals surface area contributed by atoms with Gasteiger partial charge >= 0.3 is 0 Å². The summed E-state index contributed by atoms with van der Waals surface area (Å²) in [5.74, 6) is 0.0839. The second kappa shape index (κ2) is 8.08. The molecule has 0 saturated carbocycles. The molecule has 128 valence electrons. The molecule has 0 amide bonds. The smallest absolute Gasteiger partial charge is 0.160 e. The molecule has 2 rings (SSSR count). The number of ketones is 1. The largest absolute Gasteiger partial charge is 0.374 e. The summed E-state index contributed by atoms with van der Waals surface area (Å²) in [4.78, 5) is 13.5. The normalized spacial score (nSPS) is 13.4. The zero-order chi connectivity index (χ0) is 17.7. The molecule has 2 unspecified atom stereocenters. The molecule has 0 aromatic heterocycles. The van der Waals surface area contributed by atoms with E-state index in [2.05, 4.69) is 24.4 Å². The molecule has 2 N–H and O–H groups in total. The van der Waals surface area contributed by atoms with Crippen LogP contribution in [0, 0.1) is 0 Å². The molecular formula is C20H26N2O2. The minimum absolute atomic E-state index is 0.0839. The van der Waals surface area contributed by atoms with Gasteiger partial charge in [-0.1, -0.05) is 36.4 Å². The Morgan fingerprint density at radius 2 is 1.88 bits per heavy atom. The van der Waals surface area contributed by atoms with Gasteiger partial charge in [-0.05, 0) is 44.0 Å². The van der Waals surface area contributed by atoms with Gasteiger partial charge in [0.1, 0.15) is 6.23 Å². The lowest BCUT2D eigenvalue weighted by molar-refractivity contribution is 0.101. The van der Waals surface area contributed by atoms with Crippen molar-refractivity contribution in [3.05, 3.63) is 65.2 Å². The van der Waals surface area contributed by atoms with E-state index in [4.69, 9.17) is 0 Å². The number of Topliss-reactive ketones (excluding diaryl/α,β-unsaturated/α-hetero) is 1. The summed E-state index contributed by atoms with van der Waals surface area (Å²) in [6.45, 7) is 6.07. The number of aliphatic hydroxyl groups excluding tert-OH is 1. The minimum atomic E-state index is -0.536.